The molecule has 0 bridgehead atoms. The first-order chi connectivity index (χ1) is 9.52. The van der Waals surface area contributed by atoms with Crippen LogP contribution < -0.4 is 5.32 Å². The number of aryl methyl sites for hydroxylation is 2. The van der Waals surface area contributed by atoms with Crippen molar-refractivity contribution < 1.29 is 4.92 Å². The van der Waals surface area contributed by atoms with Crippen molar-refractivity contribution >= 4 is 11.6 Å². The maximum absolute atomic E-state index is 11.2. The second-order valence-electron chi connectivity index (χ2n) is 4.45. The Morgan fingerprint density at radius 1 is 1.40 bits per heavy atom. The molecule has 2 aromatic rings. The predicted molar refractivity (Wildman–Crippen MR) is 74.1 cm³/mol. The van der Waals surface area contributed by atoms with Crippen molar-refractivity contribution in [1.29, 1.82) is 0 Å². The summed E-state index contributed by atoms with van der Waals surface area (Å²) in [6, 6.07) is 0. The Morgan fingerprint density at radius 3 is 2.70 bits per heavy atom. The van der Waals surface area contributed by atoms with Gasteiger partial charge in [0.2, 0.25) is 11.8 Å². The van der Waals surface area contributed by atoms with Crippen LogP contribution in [0.15, 0.2) is 12.4 Å². The largest absolute Gasteiger partial charge is 0.354 e. The van der Waals surface area contributed by atoms with Gasteiger partial charge in [-0.15, -0.1) is 0 Å². The zero-order chi connectivity index (χ0) is 14.7. The molecule has 0 unspecified atom stereocenters. The Morgan fingerprint density at radius 2 is 2.15 bits per heavy atom. The average Bonchev–Trinajstić information content (AvgIpc) is 2.81. The first-order valence-electron chi connectivity index (χ1n) is 6.31. The van der Waals surface area contributed by atoms with Gasteiger partial charge in [0.05, 0.1) is 11.1 Å². The maximum Gasteiger partial charge on any atom is 0.334 e. The van der Waals surface area contributed by atoms with Crippen LogP contribution in [0.25, 0.3) is 5.82 Å². The van der Waals surface area contributed by atoms with Crippen molar-refractivity contribution in [2.45, 2.75) is 27.2 Å². The molecule has 0 aromatic carbocycles. The Hall–Kier alpha value is -2.51. The lowest BCUT2D eigenvalue weighted by molar-refractivity contribution is -0.385. The van der Waals surface area contributed by atoms with E-state index in [0.717, 1.165) is 12.0 Å². The SMILES string of the molecule is CCCNc1nc(C)c([N+](=O)[O-])c(-n2cc(C)cn2)n1. The molecule has 8 heteroatoms. The highest BCUT2D eigenvalue weighted by Crippen LogP contribution is 2.25. The third kappa shape index (κ3) is 2.73. The van der Waals surface area contributed by atoms with Gasteiger partial charge in [0.1, 0.15) is 5.69 Å². The fourth-order valence-electron chi connectivity index (χ4n) is 1.77. The third-order valence-corrected chi connectivity index (χ3v) is 2.68. The van der Waals surface area contributed by atoms with Crippen LogP contribution in [0.3, 0.4) is 0 Å². The summed E-state index contributed by atoms with van der Waals surface area (Å²) in [6.07, 6.45) is 4.23. The second-order valence-corrected chi connectivity index (χ2v) is 4.45. The molecule has 0 atom stereocenters. The lowest BCUT2D eigenvalue weighted by atomic mass is 10.3. The summed E-state index contributed by atoms with van der Waals surface area (Å²) in [5.41, 5.74) is 1.08. The predicted octanol–water partition coefficient (Wildman–Crippen LogP) is 2.01. The van der Waals surface area contributed by atoms with Gasteiger partial charge in [-0.1, -0.05) is 6.92 Å². The van der Waals surface area contributed by atoms with Crippen LogP contribution in [-0.4, -0.2) is 31.2 Å². The van der Waals surface area contributed by atoms with E-state index >= 15 is 0 Å². The summed E-state index contributed by atoms with van der Waals surface area (Å²) >= 11 is 0. The zero-order valence-electron chi connectivity index (χ0n) is 11.6. The number of rotatable bonds is 5. The lowest BCUT2D eigenvalue weighted by Gasteiger charge is -2.08. The second kappa shape index (κ2) is 5.64. The molecule has 0 fully saturated rings. The molecule has 0 radical (unpaired) electrons. The molecule has 0 saturated carbocycles. The van der Waals surface area contributed by atoms with Gasteiger partial charge >= 0.3 is 5.69 Å². The molecule has 0 aliphatic carbocycles. The van der Waals surface area contributed by atoms with Crippen LogP contribution in [0.4, 0.5) is 11.6 Å². The molecule has 0 aliphatic heterocycles. The molecule has 0 amide bonds. The molecule has 0 saturated heterocycles. The highest BCUT2D eigenvalue weighted by molar-refractivity contribution is 5.53. The quantitative estimate of drug-likeness (QED) is 0.662. The third-order valence-electron chi connectivity index (χ3n) is 2.68. The molecule has 0 spiro atoms. The summed E-state index contributed by atoms with van der Waals surface area (Å²) in [5.74, 6) is 0.548. The van der Waals surface area contributed by atoms with Gasteiger partial charge in [0, 0.05) is 12.7 Å². The number of nitro groups is 1. The Bertz CT molecular complexity index is 637. The van der Waals surface area contributed by atoms with E-state index in [1.807, 2.05) is 13.8 Å². The minimum atomic E-state index is -0.481. The van der Waals surface area contributed by atoms with Crippen molar-refractivity contribution in [1.82, 2.24) is 19.7 Å². The summed E-state index contributed by atoms with van der Waals surface area (Å²) in [4.78, 5) is 19.1. The summed E-state index contributed by atoms with van der Waals surface area (Å²) in [6.45, 7) is 6.17. The monoisotopic (exact) mass is 276 g/mol. The summed E-state index contributed by atoms with van der Waals surface area (Å²) in [7, 11) is 0. The van der Waals surface area contributed by atoms with E-state index < -0.39 is 4.92 Å². The maximum atomic E-state index is 11.2. The van der Waals surface area contributed by atoms with Crippen LogP contribution in [0.2, 0.25) is 0 Å². The molecule has 106 valence electrons. The molecule has 20 heavy (non-hydrogen) atoms. The van der Waals surface area contributed by atoms with Crippen molar-refractivity contribution in [3.63, 3.8) is 0 Å². The number of hydrogen-bond acceptors (Lipinski definition) is 6. The van der Waals surface area contributed by atoms with Crippen molar-refractivity contribution in [2.75, 3.05) is 11.9 Å². The van der Waals surface area contributed by atoms with Gasteiger partial charge in [0.25, 0.3) is 0 Å². The van der Waals surface area contributed by atoms with Crippen LogP contribution in [0.5, 0.6) is 0 Å². The smallest absolute Gasteiger partial charge is 0.334 e. The number of anilines is 1. The van der Waals surface area contributed by atoms with E-state index in [0.29, 0.717) is 18.2 Å². The molecule has 1 N–H and O–H groups in total. The van der Waals surface area contributed by atoms with Crippen LogP contribution in [0, 0.1) is 24.0 Å². The number of nitrogens with zero attached hydrogens (tertiary/aromatic N) is 5. The molecule has 2 heterocycles. The summed E-state index contributed by atoms with van der Waals surface area (Å²) in [5, 5.41) is 18.3. The molecular weight excluding hydrogens is 260 g/mol. The minimum absolute atomic E-state index is 0.129. The zero-order valence-corrected chi connectivity index (χ0v) is 11.6. The molecule has 0 aliphatic rings. The molecule has 2 rings (SSSR count). The first kappa shape index (κ1) is 13.9. The van der Waals surface area contributed by atoms with Crippen LogP contribution in [0.1, 0.15) is 24.6 Å². The minimum Gasteiger partial charge on any atom is -0.354 e. The highest BCUT2D eigenvalue weighted by Gasteiger charge is 2.23. The van der Waals surface area contributed by atoms with Gasteiger partial charge in [-0.3, -0.25) is 10.1 Å². The van der Waals surface area contributed by atoms with Crippen molar-refractivity contribution in [3.8, 4) is 5.82 Å². The summed E-state index contributed by atoms with van der Waals surface area (Å²) < 4.78 is 1.40. The van der Waals surface area contributed by atoms with Gasteiger partial charge in [0.15, 0.2) is 0 Å². The van der Waals surface area contributed by atoms with E-state index in [9.17, 15) is 10.1 Å². The van der Waals surface area contributed by atoms with Gasteiger partial charge in [-0.2, -0.15) is 10.1 Å². The first-order valence-corrected chi connectivity index (χ1v) is 6.31. The Kier molecular flexibility index (Phi) is 3.92. The molecular formula is C12H16N6O2. The van der Waals surface area contributed by atoms with Crippen LogP contribution in [-0.2, 0) is 0 Å². The molecule has 2 aromatic heterocycles. The highest BCUT2D eigenvalue weighted by atomic mass is 16.6. The Balaban J connectivity index is 2.55. The Labute approximate surface area is 116 Å². The average molecular weight is 276 g/mol. The fourth-order valence-corrected chi connectivity index (χ4v) is 1.77. The van der Waals surface area contributed by atoms with Gasteiger partial charge in [-0.25, -0.2) is 9.67 Å². The van der Waals surface area contributed by atoms with Crippen molar-refractivity contribution in [2.24, 2.45) is 0 Å². The van der Waals surface area contributed by atoms with Gasteiger partial charge in [-0.05, 0) is 25.8 Å². The van der Waals surface area contributed by atoms with Gasteiger partial charge < -0.3 is 5.32 Å². The number of nitrogens with one attached hydrogen (secondary N) is 1. The van der Waals surface area contributed by atoms with E-state index in [4.69, 9.17) is 0 Å². The van der Waals surface area contributed by atoms with E-state index in [1.54, 1.807) is 19.3 Å². The number of aromatic nitrogens is 4. The van der Waals surface area contributed by atoms with Crippen molar-refractivity contribution in [3.05, 3.63) is 33.8 Å². The standard InChI is InChI=1S/C12H16N6O2/c1-4-5-13-12-15-9(3)10(18(19)20)11(16-12)17-7-8(2)6-14-17/h6-7H,4-5H2,1-3H3,(H,13,15,16). The normalized spacial score (nSPS) is 10.6. The number of hydrogen-bond donors (Lipinski definition) is 1. The topological polar surface area (TPSA) is 98.8 Å². The fraction of sp³-hybridized carbons (Fsp3) is 0.417. The van der Waals surface area contributed by atoms with E-state index in [-0.39, 0.29) is 11.5 Å². The lowest BCUT2D eigenvalue weighted by Crippen LogP contribution is -2.12. The molecule has 8 nitrogen and oxygen atoms in total. The van der Waals surface area contributed by atoms with E-state index in [2.05, 4.69) is 20.4 Å². The van der Waals surface area contributed by atoms with E-state index in [1.165, 1.54) is 4.68 Å². The van der Waals surface area contributed by atoms with Crippen LogP contribution >= 0.6 is 0 Å².